The molecule has 0 aromatic heterocycles. The van der Waals surface area contributed by atoms with Gasteiger partial charge in [-0.25, -0.2) is 4.79 Å². The Kier molecular flexibility index (Phi) is 5.53. The maximum atomic E-state index is 13.3. The molecule has 9 heteroatoms. The van der Waals surface area contributed by atoms with Crippen molar-refractivity contribution >= 4 is 34.7 Å². The van der Waals surface area contributed by atoms with E-state index in [2.05, 4.69) is 0 Å². The van der Waals surface area contributed by atoms with Crippen LogP contribution in [-0.2, 0) is 9.59 Å². The Labute approximate surface area is 187 Å². The minimum atomic E-state index is -1.52. The summed E-state index contributed by atoms with van der Waals surface area (Å²) in [5, 5.41) is 20.5. The second-order valence-electron chi connectivity index (χ2n) is 7.38. The monoisotopic (exact) mass is 444 g/mol. The van der Waals surface area contributed by atoms with E-state index in [1.807, 2.05) is 0 Å². The van der Waals surface area contributed by atoms with Gasteiger partial charge in [-0.2, -0.15) is 0 Å². The number of aromatic carboxylic acids is 1. The zero-order valence-corrected chi connectivity index (χ0v) is 17.0. The number of anilines is 1. The summed E-state index contributed by atoms with van der Waals surface area (Å²) in [5.41, 5.74) is 0.346. The zero-order valence-electron chi connectivity index (χ0n) is 17.0. The van der Waals surface area contributed by atoms with Crippen LogP contribution in [0, 0.1) is 10.1 Å². The van der Waals surface area contributed by atoms with Crippen molar-refractivity contribution < 1.29 is 29.2 Å². The third-order valence-corrected chi connectivity index (χ3v) is 5.41. The number of hydrogen-bond acceptors (Lipinski definition) is 7. The highest BCUT2D eigenvalue weighted by molar-refractivity contribution is 6.50. The van der Waals surface area contributed by atoms with Gasteiger partial charge in [0.05, 0.1) is 10.5 Å². The van der Waals surface area contributed by atoms with Gasteiger partial charge in [-0.3, -0.25) is 24.5 Å². The number of carbonyl (C=O) groups excluding carboxylic acids is 3. The standard InChI is InChI=1S/C24H16N2O7/c27-21(15-5-2-1-3-6-15)20-23(29)22(28)19(14-9-11-16(12-10-14)24(30)31)25(20)17-7-4-8-18(13-17)26(32)33/h1-13,19-20H,(H,30,31). The second-order valence-corrected chi connectivity index (χ2v) is 7.38. The van der Waals surface area contributed by atoms with E-state index in [4.69, 9.17) is 5.11 Å². The minimum Gasteiger partial charge on any atom is -0.478 e. The highest BCUT2D eigenvalue weighted by atomic mass is 16.6. The molecule has 0 bridgehead atoms. The number of rotatable bonds is 6. The van der Waals surface area contributed by atoms with Crippen LogP contribution in [0.2, 0.25) is 0 Å². The number of Topliss-reactive ketones (excluding diaryl/α,β-unsaturated/α-hetero) is 3. The van der Waals surface area contributed by atoms with Crippen molar-refractivity contribution in [1.29, 1.82) is 0 Å². The van der Waals surface area contributed by atoms with E-state index in [1.54, 1.807) is 18.2 Å². The largest absolute Gasteiger partial charge is 0.478 e. The fourth-order valence-corrected chi connectivity index (χ4v) is 3.86. The third kappa shape index (κ3) is 3.87. The molecule has 0 amide bonds. The number of nitrogens with zero attached hydrogens (tertiary/aromatic N) is 2. The van der Waals surface area contributed by atoms with Crippen LogP contribution in [0.25, 0.3) is 0 Å². The van der Waals surface area contributed by atoms with Crippen molar-refractivity contribution in [3.05, 3.63) is 106 Å². The van der Waals surface area contributed by atoms with Gasteiger partial charge in [0, 0.05) is 23.4 Å². The Morgan fingerprint density at radius 2 is 1.52 bits per heavy atom. The number of ketones is 3. The Hall–Kier alpha value is -4.66. The Morgan fingerprint density at radius 3 is 2.12 bits per heavy atom. The van der Waals surface area contributed by atoms with Gasteiger partial charge in [0.25, 0.3) is 5.69 Å². The van der Waals surface area contributed by atoms with Gasteiger partial charge in [-0.15, -0.1) is 0 Å². The van der Waals surface area contributed by atoms with E-state index in [0.717, 1.165) is 0 Å². The molecule has 2 atom stereocenters. The molecule has 1 fully saturated rings. The average Bonchev–Trinajstić information content (AvgIpc) is 3.09. The SMILES string of the molecule is O=C(O)c1ccc(C2C(=O)C(=O)C(C(=O)c3ccccc3)N2c2cccc([N+](=O)[O-])c2)cc1. The molecule has 1 heterocycles. The summed E-state index contributed by atoms with van der Waals surface area (Å²) in [6, 6.07) is 15.9. The first kappa shape index (κ1) is 21.6. The number of nitro benzene ring substituents is 1. The van der Waals surface area contributed by atoms with Gasteiger partial charge in [0.1, 0.15) is 6.04 Å². The lowest BCUT2D eigenvalue weighted by molar-refractivity contribution is -0.384. The van der Waals surface area contributed by atoms with Gasteiger partial charge >= 0.3 is 5.97 Å². The number of benzene rings is 3. The van der Waals surface area contributed by atoms with Gasteiger partial charge in [-0.1, -0.05) is 48.5 Å². The van der Waals surface area contributed by atoms with Crippen LogP contribution in [0.1, 0.15) is 32.3 Å². The fourth-order valence-electron chi connectivity index (χ4n) is 3.86. The van der Waals surface area contributed by atoms with Crippen molar-refractivity contribution in [2.45, 2.75) is 12.1 Å². The molecule has 1 aliphatic heterocycles. The molecule has 3 aromatic carbocycles. The molecular formula is C24H16N2O7. The normalized spacial score (nSPS) is 17.8. The highest BCUT2D eigenvalue weighted by Crippen LogP contribution is 2.38. The number of carboxylic acid groups (broad SMARTS) is 1. The van der Waals surface area contributed by atoms with E-state index in [1.165, 1.54) is 65.6 Å². The summed E-state index contributed by atoms with van der Waals surface area (Å²) in [7, 11) is 0. The number of non-ortho nitro benzene ring substituents is 1. The molecule has 9 nitrogen and oxygen atoms in total. The predicted molar refractivity (Wildman–Crippen MR) is 116 cm³/mol. The number of hydrogen-bond donors (Lipinski definition) is 1. The lowest BCUT2D eigenvalue weighted by Crippen LogP contribution is -2.41. The van der Waals surface area contributed by atoms with Crippen LogP contribution in [0.5, 0.6) is 0 Å². The summed E-state index contributed by atoms with van der Waals surface area (Å²) < 4.78 is 0. The number of carbonyl (C=O) groups is 4. The van der Waals surface area contributed by atoms with E-state index < -0.39 is 40.3 Å². The smallest absolute Gasteiger partial charge is 0.335 e. The van der Waals surface area contributed by atoms with Crippen molar-refractivity contribution in [2.24, 2.45) is 0 Å². The maximum absolute atomic E-state index is 13.3. The highest BCUT2D eigenvalue weighted by Gasteiger charge is 2.52. The molecule has 33 heavy (non-hydrogen) atoms. The molecule has 164 valence electrons. The maximum Gasteiger partial charge on any atom is 0.335 e. The van der Waals surface area contributed by atoms with E-state index in [0.29, 0.717) is 0 Å². The van der Waals surface area contributed by atoms with Gasteiger partial charge in [0.15, 0.2) is 11.8 Å². The molecule has 3 aromatic rings. The van der Waals surface area contributed by atoms with E-state index in [-0.39, 0.29) is 28.1 Å². The predicted octanol–water partition coefficient (Wildman–Crippen LogP) is 3.24. The van der Waals surface area contributed by atoms with Crippen LogP contribution in [-0.4, -0.2) is 39.4 Å². The Morgan fingerprint density at radius 1 is 0.848 bits per heavy atom. The Balaban J connectivity index is 1.87. The van der Waals surface area contributed by atoms with Crippen LogP contribution < -0.4 is 4.90 Å². The van der Waals surface area contributed by atoms with Gasteiger partial charge in [-0.05, 0) is 23.8 Å². The molecule has 2 unspecified atom stereocenters. The molecular weight excluding hydrogens is 428 g/mol. The summed E-state index contributed by atoms with van der Waals surface area (Å²) in [5.74, 6) is -3.59. The van der Waals surface area contributed by atoms with Crippen LogP contribution >= 0.6 is 0 Å². The number of nitro groups is 1. The van der Waals surface area contributed by atoms with Crippen molar-refractivity contribution in [3.8, 4) is 0 Å². The first-order valence-corrected chi connectivity index (χ1v) is 9.83. The van der Waals surface area contributed by atoms with Crippen molar-refractivity contribution in [3.63, 3.8) is 0 Å². The van der Waals surface area contributed by atoms with Gasteiger partial charge < -0.3 is 10.0 Å². The third-order valence-electron chi connectivity index (χ3n) is 5.41. The molecule has 0 aliphatic carbocycles. The van der Waals surface area contributed by atoms with Crippen LogP contribution in [0.4, 0.5) is 11.4 Å². The topological polar surface area (TPSA) is 135 Å². The second kappa shape index (κ2) is 8.46. The van der Waals surface area contributed by atoms with Gasteiger partial charge in [0.2, 0.25) is 11.6 Å². The first-order chi connectivity index (χ1) is 15.8. The summed E-state index contributed by atoms with van der Waals surface area (Å²) >= 11 is 0. The van der Waals surface area contributed by atoms with Crippen molar-refractivity contribution in [1.82, 2.24) is 0 Å². The molecule has 1 N–H and O–H groups in total. The summed E-state index contributed by atoms with van der Waals surface area (Å²) in [6.45, 7) is 0. The average molecular weight is 444 g/mol. The molecule has 1 saturated heterocycles. The first-order valence-electron chi connectivity index (χ1n) is 9.83. The van der Waals surface area contributed by atoms with E-state index in [9.17, 15) is 29.3 Å². The zero-order chi connectivity index (χ0) is 23.7. The van der Waals surface area contributed by atoms with Crippen LogP contribution in [0.3, 0.4) is 0 Å². The number of carboxylic acids is 1. The summed E-state index contributed by atoms with van der Waals surface area (Å²) in [6.07, 6.45) is 0. The lowest BCUT2D eigenvalue weighted by atomic mass is 10.00. The van der Waals surface area contributed by atoms with Crippen LogP contribution in [0.15, 0.2) is 78.9 Å². The van der Waals surface area contributed by atoms with E-state index >= 15 is 0 Å². The minimum absolute atomic E-state index is 0.0191. The lowest BCUT2D eigenvalue weighted by Gasteiger charge is -2.29. The molecule has 0 saturated carbocycles. The molecule has 0 spiro atoms. The van der Waals surface area contributed by atoms with Crippen molar-refractivity contribution in [2.75, 3.05) is 4.90 Å². The fraction of sp³-hybridized carbons (Fsp3) is 0.0833. The summed E-state index contributed by atoms with van der Waals surface area (Å²) in [4.78, 5) is 62.6. The quantitative estimate of drug-likeness (QED) is 0.201. The Bertz CT molecular complexity index is 1290. The molecule has 1 aliphatic rings. The molecule has 0 radical (unpaired) electrons. The molecule has 4 rings (SSSR count).